The summed E-state index contributed by atoms with van der Waals surface area (Å²) in [6.45, 7) is 3.70. The molecule has 6 heteroatoms. The topological polar surface area (TPSA) is 73.9 Å². The zero-order chi connectivity index (χ0) is 18.2. The summed E-state index contributed by atoms with van der Waals surface area (Å²) in [5, 5.41) is 2.72. The van der Waals surface area contributed by atoms with Gasteiger partial charge >= 0.3 is 0 Å². The number of anilines is 1. The largest absolute Gasteiger partial charge is 0.497 e. The Morgan fingerprint density at radius 3 is 2.28 bits per heavy atom. The Morgan fingerprint density at radius 2 is 1.68 bits per heavy atom. The second-order valence-electron chi connectivity index (χ2n) is 5.21. The van der Waals surface area contributed by atoms with Crippen molar-refractivity contribution in [2.24, 2.45) is 0 Å². The number of amides is 1. The molecule has 0 bridgehead atoms. The van der Waals surface area contributed by atoms with E-state index in [-0.39, 0.29) is 18.3 Å². The summed E-state index contributed by atoms with van der Waals surface area (Å²) in [6.07, 6.45) is 0. The Hall–Kier alpha value is -3.02. The highest BCUT2D eigenvalue weighted by molar-refractivity contribution is 5.97. The van der Waals surface area contributed by atoms with E-state index in [9.17, 15) is 9.59 Å². The number of ether oxygens (including phenoxy) is 3. The molecule has 0 spiro atoms. The molecule has 0 heterocycles. The van der Waals surface area contributed by atoms with Crippen LogP contribution in [0.3, 0.4) is 0 Å². The van der Waals surface area contributed by atoms with E-state index in [0.717, 1.165) is 5.75 Å². The van der Waals surface area contributed by atoms with Gasteiger partial charge in [0.1, 0.15) is 17.2 Å². The van der Waals surface area contributed by atoms with Crippen molar-refractivity contribution in [3.8, 4) is 17.2 Å². The van der Waals surface area contributed by atoms with Crippen LogP contribution in [0.25, 0.3) is 0 Å². The molecule has 25 heavy (non-hydrogen) atoms. The van der Waals surface area contributed by atoms with Crippen molar-refractivity contribution < 1.29 is 23.8 Å². The highest BCUT2D eigenvalue weighted by Gasteiger charge is 2.12. The van der Waals surface area contributed by atoms with E-state index < -0.39 is 0 Å². The van der Waals surface area contributed by atoms with E-state index in [1.54, 1.807) is 42.5 Å². The van der Waals surface area contributed by atoms with Crippen LogP contribution in [-0.4, -0.2) is 32.0 Å². The van der Waals surface area contributed by atoms with Crippen molar-refractivity contribution >= 4 is 17.4 Å². The van der Waals surface area contributed by atoms with Gasteiger partial charge in [-0.15, -0.1) is 0 Å². The maximum atomic E-state index is 12.0. The number of hydrogen-bond donors (Lipinski definition) is 1. The van der Waals surface area contributed by atoms with Crippen molar-refractivity contribution in [3.63, 3.8) is 0 Å². The van der Waals surface area contributed by atoms with Crippen LogP contribution in [-0.2, 0) is 4.79 Å². The Balaban J connectivity index is 1.98. The summed E-state index contributed by atoms with van der Waals surface area (Å²) in [4.78, 5) is 23.7. The zero-order valence-corrected chi connectivity index (χ0v) is 14.5. The Labute approximate surface area is 146 Å². The summed E-state index contributed by atoms with van der Waals surface area (Å²) in [5.41, 5.74) is 1.03. The molecule has 0 aliphatic rings. The molecule has 2 aromatic rings. The van der Waals surface area contributed by atoms with Crippen molar-refractivity contribution in [2.75, 3.05) is 25.6 Å². The molecule has 2 rings (SSSR count). The number of methoxy groups -OCH3 is 1. The SMILES string of the molecule is CCOc1ccc(NC(=O)COc2cc(OC)ccc2C(C)=O)cc1. The molecule has 0 aliphatic carbocycles. The van der Waals surface area contributed by atoms with Crippen LogP contribution in [0.1, 0.15) is 24.2 Å². The van der Waals surface area contributed by atoms with Gasteiger partial charge in [-0.2, -0.15) is 0 Å². The lowest BCUT2D eigenvalue weighted by molar-refractivity contribution is -0.118. The molecule has 0 aliphatic heterocycles. The lowest BCUT2D eigenvalue weighted by Gasteiger charge is -2.12. The highest BCUT2D eigenvalue weighted by Crippen LogP contribution is 2.25. The van der Waals surface area contributed by atoms with Gasteiger partial charge < -0.3 is 19.5 Å². The van der Waals surface area contributed by atoms with Gasteiger partial charge in [0.25, 0.3) is 5.91 Å². The molecule has 0 atom stereocenters. The quantitative estimate of drug-likeness (QED) is 0.744. The molecule has 2 aromatic carbocycles. The molecule has 1 amide bonds. The monoisotopic (exact) mass is 343 g/mol. The van der Waals surface area contributed by atoms with E-state index in [1.165, 1.54) is 14.0 Å². The number of hydrogen-bond acceptors (Lipinski definition) is 5. The first kappa shape index (κ1) is 18.3. The van der Waals surface area contributed by atoms with Crippen LogP contribution in [0.5, 0.6) is 17.2 Å². The fraction of sp³-hybridized carbons (Fsp3) is 0.263. The molecule has 0 fully saturated rings. The van der Waals surface area contributed by atoms with Crippen molar-refractivity contribution in [1.82, 2.24) is 0 Å². The van der Waals surface area contributed by atoms with Gasteiger partial charge in [-0.3, -0.25) is 9.59 Å². The Bertz CT molecular complexity index is 740. The lowest BCUT2D eigenvalue weighted by atomic mass is 10.1. The summed E-state index contributed by atoms with van der Waals surface area (Å²) >= 11 is 0. The van der Waals surface area contributed by atoms with E-state index in [0.29, 0.717) is 29.4 Å². The summed E-state index contributed by atoms with van der Waals surface area (Å²) in [6, 6.07) is 11.9. The first-order valence-electron chi connectivity index (χ1n) is 7.88. The molecule has 6 nitrogen and oxygen atoms in total. The fourth-order valence-electron chi connectivity index (χ4n) is 2.18. The number of nitrogens with one attached hydrogen (secondary N) is 1. The van der Waals surface area contributed by atoms with E-state index in [2.05, 4.69) is 5.32 Å². The molecule has 0 saturated heterocycles. The number of benzene rings is 2. The van der Waals surface area contributed by atoms with Gasteiger partial charge in [0.05, 0.1) is 19.3 Å². The summed E-state index contributed by atoms with van der Waals surface area (Å²) in [5.74, 6) is 1.12. The number of carbonyl (C=O) groups is 2. The molecular weight excluding hydrogens is 322 g/mol. The summed E-state index contributed by atoms with van der Waals surface area (Å²) < 4.78 is 16.0. The van der Waals surface area contributed by atoms with E-state index in [1.807, 2.05) is 6.92 Å². The number of carbonyl (C=O) groups excluding carboxylic acids is 2. The predicted octanol–water partition coefficient (Wildman–Crippen LogP) is 3.31. The van der Waals surface area contributed by atoms with Gasteiger partial charge in [-0.1, -0.05) is 0 Å². The van der Waals surface area contributed by atoms with Gasteiger partial charge in [-0.25, -0.2) is 0 Å². The Kier molecular flexibility index (Phi) is 6.39. The smallest absolute Gasteiger partial charge is 0.262 e. The normalized spacial score (nSPS) is 10.0. The van der Waals surface area contributed by atoms with Crippen LogP contribution in [0.4, 0.5) is 5.69 Å². The standard InChI is InChI=1S/C19H21NO5/c1-4-24-15-7-5-14(6-8-15)20-19(22)12-25-18-11-16(23-3)9-10-17(18)13(2)21/h5-11H,4,12H2,1-3H3,(H,20,22). The van der Waals surface area contributed by atoms with Crippen LogP contribution < -0.4 is 19.5 Å². The van der Waals surface area contributed by atoms with E-state index in [4.69, 9.17) is 14.2 Å². The molecule has 132 valence electrons. The van der Waals surface area contributed by atoms with Crippen LogP contribution in [0.2, 0.25) is 0 Å². The van der Waals surface area contributed by atoms with Gasteiger partial charge in [0.2, 0.25) is 0 Å². The second kappa shape index (κ2) is 8.73. The molecule has 0 aromatic heterocycles. The second-order valence-corrected chi connectivity index (χ2v) is 5.21. The molecular formula is C19H21NO5. The number of ketones is 1. The average Bonchev–Trinajstić information content (AvgIpc) is 2.61. The third kappa shape index (κ3) is 5.24. The first-order chi connectivity index (χ1) is 12.0. The maximum Gasteiger partial charge on any atom is 0.262 e. The van der Waals surface area contributed by atoms with Crippen LogP contribution >= 0.6 is 0 Å². The van der Waals surface area contributed by atoms with Crippen LogP contribution in [0, 0.1) is 0 Å². The van der Waals surface area contributed by atoms with Gasteiger partial charge in [0, 0.05) is 11.8 Å². The fourth-order valence-corrected chi connectivity index (χ4v) is 2.18. The van der Waals surface area contributed by atoms with Gasteiger partial charge in [-0.05, 0) is 50.2 Å². The van der Waals surface area contributed by atoms with Crippen molar-refractivity contribution in [3.05, 3.63) is 48.0 Å². The summed E-state index contributed by atoms with van der Waals surface area (Å²) in [7, 11) is 1.52. The minimum Gasteiger partial charge on any atom is -0.497 e. The maximum absolute atomic E-state index is 12.0. The number of rotatable bonds is 8. The molecule has 0 saturated carbocycles. The predicted molar refractivity (Wildman–Crippen MR) is 94.7 cm³/mol. The highest BCUT2D eigenvalue weighted by atomic mass is 16.5. The minimum atomic E-state index is -0.332. The average molecular weight is 343 g/mol. The molecule has 0 unspecified atom stereocenters. The number of Topliss-reactive ketones (excluding diaryl/α,β-unsaturated/α-hetero) is 1. The van der Waals surface area contributed by atoms with E-state index >= 15 is 0 Å². The third-order valence-corrected chi connectivity index (χ3v) is 3.38. The molecule has 1 N–H and O–H groups in total. The van der Waals surface area contributed by atoms with Crippen molar-refractivity contribution in [2.45, 2.75) is 13.8 Å². The zero-order valence-electron chi connectivity index (χ0n) is 14.5. The lowest BCUT2D eigenvalue weighted by Crippen LogP contribution is -2.20. The van der Waals surface area contributed by atoms with Gasteiger partial charge in [0.15, 0.2) is 12.4 Å². The first-order valence-corrected chi connectivity index (χ1v) is 7.88. The minimum absolute atomic E-state index is 0.149. The van der Waals surface area contributed by atoms with Crippen LogP contribution in [0.15, 0.2) is 42.5 Å². The Morgan fingerprint density at radius 1 is 1.00 bits per heavy atom. The third-order valence-electron chi connectivity index (χ3n) is 3.38. The molecule has 0 radical (unpaired) electrons. The van der Waals surface area contributed by atoms with Crippen molar-refractivity contribution in [1.29, 1.82) is 0 Å².